The van der Waals surface area contributed by atoms with Crippen LogP contribution in [0.1, 0.15) is 13.3 Å². The Labute approximate surface area is 78.6 Å². The van der Waals surface area contributed by atoms with E-state index >= 15 is 0 Å². The molecule has 0 rings (SSSR count). The quantitative estimate of drug-likeness (QED) is 0.552. The number of hydrogen-bond acceptors (Lipinski definition) is 4. The van der Waals surface area contributed by atoms with Gasteiger partial charge in [-0.3, -0.25) is 4.79 Å². The van der Waals surface area contributed by atoms with Crippen LogP contribution < -0.4 is 11.1 Å². The molecule has 1 atom stereocenters. The standard InChI is InChI=1S/C8H18N2O3/c1-6(8(12-2)13-3)10-7(11)4-5-9/h6,8H,4-5,9H2,1-3H3,(H,10,11). The van der Waals surface area contributed by atoms with Crippen LogP contribution in [0, 0.1) is 0 Å². The fourth-order valence-corrected chi connectivity index (χ4v) is 1.03. The molecule has 0 radical (unpaired) electrons. The van der Waals surface area contributed by atoms with E-state index in [2.05, 4.69) is 5.32 Å². The highest BCUT2D eigenvalue weighted by atomic mass is 16.7. The van der Waals surface area contributed by atoms with Crippen LogP contribution in [0.15, 0.2) is 0 Å². The van der Waals surface area contributed by atoms with Crippen molar-refractivity contribution < 1.29 is 14.3 Å². The molecular formula is C8H18N2O3. The predicted molar refractivity (Wildman–Crippen MR) is 49.1 cm³/mol. The second-order valence-electron chi connectivity index (χ2n) is 2.73. The molecule has 0 aromatic carbocycles. The van der Waals surface area contributed by atoms with Gasteiger partial charge in [0.05, 0.1) is 6.04 Å². The zero-order chi connectivity index (χ0) is 10.3. The van der Waals surface area contributed by atoms with Gasteiger partial charge in [0, 0.05) is 27.2 Å². The number of amides is 1. The molecule has 0 heterocycles. The van der Waals surface area contributed by atoms with E-state index < -0.39 is 6.29 Å². The molecule has 13 heavy (non-hydrogen) atoms. The lowest BCUT2D eigenvalue weighted by molar-refractivity contribution is -0.135. The van der Waals surface area contributed by atoms with Gasteiger partial charge in [0.25, 0.3) is 0 Å². The molecule has 3 N–H and O–H groups in total. The fraction of sp³-hybridized carbons (Fsp3) is 0.875. The maximum Gasteiger partial charge on any atom is 0.221 e. The first-order valence-electron chi connectivity index (χ1n) is 4.20. The van der Waals surface area contributed by atoms with Crippen molar-refractivity contribution in [1.29, 1.82) is 0 Å². The molecule has 78 valence electrons. The van der Waals surface area contributed by atoms with Gasteiger partial charge in [0.2, 0.25) is 5.91 Å². The Morgan fingerprint density at radius 2 is 2.00 bits per heavy atom. The van der Waals surface area contributed by atoms with E-state index in [4.69, 9.17) is 15.2 Å². The number of ether oxygens (including phenoxy) is 2. The maximum absolute atomic E-state index is 11.1. The average Bonchev–Trinajstić information content (AvgIpc) is 2.06. The minimum atomic E-state index is -0.415. The molecule has 5 heteroatoms. The van der Waals surface area contributed by atoms with Gasteiger partial charge < -0.3 is 20.5 Å². The van der Waals surface area contributed by atoms with Gasteiger partial charge in [-0.05, 0) is 6.92 Å². The summed E-state index contributed by atoms with van der Waals surface area (Å²) in [5, 5.41) is 2.71. The van der Waals surface area contributed by atoms with Crippen LogP contribution in [0.4, 0.5) is 0 Å². The Kier molecular flexibility index (Phi) is 6.48. The van der Waals surface area contributed by atoms with Crippen LogP contribution in [0.5, 0.6) is 0 Å². The van der Waals surface area contributed by atoms with E-state index in [0.29, 0.717) is 13.0 Å². The Morgan fingerprint density at radius 3 is 2.38 bits per heavy atom. The summed E-state index contributed by atoms with van der Waals surface area (Å²) in [7, 11) is 3.06. The summed E-state index contributed by atoms with van der Waals surface area (Å²) < 4.78 is 9.94. The van der Waals surface area contributed by atoms with Crippen molar-refractivity contribution in [3.8, 4) is 0 Å². The number of carbonyl (C=O) groups is 1. The molecule has 0 fully saturated rings. The molecule has 0 aliphatic carbocycles. The molecule has 0 aliphatic heterocycles. The molecule has 0 saturated carbocycles. The van der Waals surface area contributed by atoms with E-state index in [9.17, 15) is 4.79 Å². The first-order chi connectivity index (χ1) is 6.15. The van der Waals surface area contributed by atoms with Crippen molar-refractivity contribution in [3.05, 3.63) is 0 Å². The molecule has 0 aromatic heterocycles. The lowest BCUT2D eigenvalue weighted by Gasteiger charge is -2.21. The Hall–Kier alpha value is -0.650. The third-order valence-corrected chi connectivity index (χ3v) is 1.63. The third-order valence-electron chi connectivity index (χ3n) is 1.63. The number of methoxy groups -OCH3 is 2. The van der Waals surface area contributed by atoms with Crippen molar-refractivity contribution in [1.82, 2.24) is 5.32 Å². The van der Waals surface area contributed by atoms with Crippen molar-refractivity contribution in [2.24, 2.45) is 5.73 Å². The summed E-state index contributed by atoms with van der Waals surface area (Å²) in [6, 6.07) is -0.172. The minimum absolute atomic E-state index is 0.0888. The lowest BCUT2D eigenvalue weighted by atomic mass is 10.3. The van der Waals surface area contributed by atoms with Crippen LogP contribution in [0.3, 0.4) is 0 Å². The highest BCUT2D eigenvalue weighted by Crippen LogP contribution is 1.98. The molecular weight excluding hydrogens is 172 g/mol. The Bertz CT molecular complexity index is 148. The zero-order valence-electron chi connectivity index (χ0n) is 8.37. The normalized spacial score (nSPS) is 13.0. The largest absolute Gasteiger partial charge is 0.354 e. The van der Waals surface area contributed by atoms with Crippen molar-refractivity contribution >= 4 is 5.91 Å². The van der Waals surface area contributed by atoms with Gasteiger partial charge in [0.15, 0.2) is 6.29 Å². The molecule has 5 nitrogen and oxygen atoms in total. The van der Waals surface area contributed by atoms with Gasteiger partial charge in [-0.1, -0.05) is 0 Å². The van der Waals surface area contributed by atoms with Crippen LogP contribution >= 0.6 is 0 Å². The molecule has 0 spiro atoms. The monoisotopic (exact) mass is 190 g/mol. The Morgan fingerprint density at radius 1 is 1.46 bits per heavy atom. The summed E-state index contributed by atoms with van der Waals surface area (Å²) in [5.41, 5.74) is 5.22. The van der Waals surface area contributed by atoms with Crippen molar-refractivity contribution in [3.63, 3.8) is 0 Å². The number of nitrogens with one attached hydrogen (secondary N) is 1. The average molecular weight is 190 g/mol. The van der Waals surface area contributed by atoms with E-state index in [1.807, 2.05) is 6.92 Å². The second-order valence-corrected chi connectivity index (χ2v) is 2.73. The lowest BCUT2D eigenvalue weighted by Crippen LogP contribution is -2.43. The highest BCUT2D eigenvalue weighted by molar-refractivity contribution is 5.76. The summed E-state index contributed by atoms with van der Waals surface area (Å²) in [6.07, 6.45) is -0.0912. The Balaban J connectivity index is 3.82. The van der Waals surface area contributed by atoms with Gasteiger partial charge in [0.1, 0.15) is 0 Å². The van der Waals surface area contributed by atoms with Gasteiger partial charge >= 0.3 is 0 Å². The predicted octanol–water partition coefficient (Wildman–Crippen LogP) is -0.541. The van der Waals surface area contributed by atoms with E-state index in [1.165, 1.54) is 14.2 Å². The molecule has 1 unspecified atom stereocenters. The molecule has 0 aromatic rings. The van der Waals surface area contributed by atoms with E-state index in [-0.39, 0.29) is 11.9 Å². The highest BCUT2D eigenvalue weighted by Gasteiger charge is 2.17. The summed E-state index contributed by atoms with van der Waals surface area (Å²) in [4.78, 5) is 11.1. The first-order valence-corrected chi connectivity index (χ1v) is 4.20. The first kappa shape index (κ1) is 12.3. The van der Waals surface area contributed by atoms with E-state index in [0.717, 1.165) is 0 Å². The van der Waals surface area contributed by atoms with Crippen LogP contribution in [-0.4, -0.2) is 39.0 Å². The molecule has 0 aliphatic rings. The number of nitrogens with two attached hydrogens (primary N) is 1. The smallest absolute Gasteiger partial charge is 0.221 e. The summed E-state index contributed by atoms with van der Waals surface area (Å²) >= 11 is 0. The topological polar surface area (TPSA) is 73.6 Å². The number of carbonyl (C=O) groups excluding carboxylic acids is 1. The third kappa shape index (κ3) is 4.82. The molecule has 0 saturated heterocycles. The summed E-state index contributed by atoms with van der Waals surface area (Å²) in [6.45, 7) is 2.16. The summed E-state index contributed by atoms with van der Waals surface area (Å²) in [5.74, 6) is -0.0888. The van der Waals surface area contributed by atoms with Crippen LogP contribution in [0.2, 0.25) is 0 Å². The SMILES string of the molecule is COC(OC)C(C)NC(=O)CCN. The van der Waals surface area contributed by atoms with Gasteiger partial charge in [-0.25, -0.2) is 0 Å². The minimum Gasteiger partial charge on any atom is -0.354 e. The van der Waals surface area contributed by atoms with Crippen LogP contribution in [-0.2, 0) is 14.3 Å². The zero-order valence-corrected chi connectivity index (χ0v) is 8.37. The maximum atomic E-state index is 11.1. The molecule has 1 amide bonds. The van der Waals surface area contributed by atoms with Gasteiger partial charge in [-0.2, -0.15) is 0 Å². The van der Waals surface area contributed by atoms with Crippen LogP contribution in [0.25, 0.3) is 0 Å². The van der Waals surface area contributed by atoms with Crippen molar-refractivity contribution in [2.45, 2.75) is 25.7 Å². The number of hydrogen-bond donors (Lipinski definition) is 2. The number of rotatable bonds is 6. The van der Waals surface area contributed by atoms with E-state index in [1.54, 1.807) is 0 Å². The second kappa shape index (κ2) is 6.82. The van der Waals surface area contributed by atoms with Gasteiger partial charge in [-0.15, -0.1) is 0 Å². The van der Waals surface area contributed by atoms with Crippen molar-refractivity contribution in [2.75, 3.05) is 20.8 Å². The molecule has 0 bridgehead atoms. The fourth-order valence-electron chi connectivity index (χ4n) is 1.03.